The van der Waals surface area contributed by atoms with E-state index in [-0.39, 0.29) is 21.7 Å². The van der Waals surface area contributed by atoms with E-state index in [2.05, 4.69) is 0 Å². The van der Waals surface area contributed by atoms with Crippen LogP contribution in [0, 0.1) is 11.8 Å². The Bertz CT molecular complexity index is 1050. The highest BCUT2D eigenvalue weighted by Crippen LogP contribution is 2.77. The van der Waals surface area contributed by atoms with Crippen LogP contribution in [-0.2, 0) is 9.59 Å². The minimum Gasteiger partial charge on any atom is -0.339 e. The molecule has 2 bridgehead atoms. The first-order valence-corrected chi connectivity index (χ1v) is 12.4. The van der Waals surface area contributed by atoms with Crippen LogP contribution in [0.1, 0.15) is 29.6 Å². The van der Waals surface area contributed by atoms with E-state index in [4.69, 9.17) is 69.6 Å². The summed E-state index contributed by atoms with van der Waals surface area (Å²) < 4.78 is -1.98. The van der Waals surface area contributed by atoms with E-state index in [1.54, 1.807) is 23.1 Å². The molecule has 11 heteroatoms. The van der Waals surface area contributed by atoms with Crippen LogP contribution < -0.4 is 4.90 Å². The van der Waals surface area contributed by atoms with Crippen molar-refractivity contribution in [2.45, 2.75) is 33.3 Å². The van der Waals surface area contributed by atoms with Crippen molar-refractivity contribution in [1.82, 2.24) is 4.90 Å². The topological polar surface area (TPSA) is 57.7 Å². The Hall–Kier alpha value is -0.690. The maximum absolute atomic E-state index is 13.5. The summed E-state index contributed by atoms with van der Waals surface area (Å²) in [5, 5.41) is -0.279. The van der Waals surface area contributed by atoms with Gasteiger partial charge >= 0.3 is 0 Å². The van der Waals surface area contributed by atoms with Crippen molar-refractivity contribution in [3.05, 3.63) is 39.9 Å². The van der Waals surface area contributed by atoms with Gasteiger partial charge in [0.05, 0.1) is 27.6 Å². The molecule has 2 heterocycles. The molecular weight excluding hydrogens is 541 g/mol. The lowest BCUT2D eigenvalue weighted by molar-refractivity contribution is -0.123. The fourth-order valence-electron chi connectivity index (χ4n) is 5.31. The molecule has 0 radical (unpaired) electrons. The van der Waals surface area contributed by atoms with Gasteiger partial charge in [-0.15, -0.1) is 23.2 Å². The summed E-state index contributed by atoms with van der Waals surface area (Å²) in [4.78, 5) is 38.9. The first-order valence-electron chi connectivity index (χ1n) is 10.1. The number of allylic oxidation sites excluding steroid dienone is 2. The summed E-state index contributed by atoms with van der Waals surface area (Å²) in [5.74, 6) is -3.86. The fraction of sp³-hybridized carbons (Fsp3) is 0.476. The molecule has 1 aromatic carbocycles. The normalized spacial score (nSPS) is 35.7. The van der Waals surface area contributed by atoms with Crippen molar-refractivity contribution in [3.8, 4) is 0 Å². The quantitative estimate of drug-likeness (QED) is 0.369. The largest absolute Gasteiger partial charge is 0.339 e. The zero-order chi connectivity index (χ0) is 23.2. The minimum atomic E-state index is -1.98. The minimum absolute atomic E-state index is 0.140. The Kier molecular flexibility index (Phi) is 5.34. The Morgan fingerprint density at radius 2 is 1.41 bits per heavy atom. The molecule has 2 aliphatic carbocycles. The summed E-state index contributed by atoms with van der Waals surface area (Å²) in [6.45, 7) is 1.35. The number of carbonyl (C=O) groups excluding carboxylic acids is 3. The first kappa shape index (κ1) is 23.1. The smallest absolute Gasteiger partial charge is 0.253 e. The van der Waals surface area contributed by atoms with Crippen LogP contribution in [0.5, 0.6) is 0 Å². The highest BCUT2D eigenvalue weighted by Gasteiger charge is 2.87. The molecule has 2 aliphatic heterocycles. The number of carbonyl (C=O) groups is 3. The number of anilines is 1. The SMILES string of the molecule is O=C(c1cccc(N2C(=O)[C@H]3[C@H](C2=O)[C@@]2(Cl)C(Cl)=C(Cl)[C@@]3(Cl)C2(Cl)Cl)c1)N1CCCCC1. The number of alkyl halides is 4. The lowest BCUT2D eigenvalue weighted by Gasteiger charge is -2.34. The molecule has 5 rings (SSSR count). The van der Waals surface area contributed by atoms with E-state index in [9.17, 15) is 14.4 Å². The third-order valence-corrected chi connectivity index (χ3v) is 11.2. The van der Waals surface area contributed by atoms with E-state index in [1.165, 1.54) is 6.07 Å². The third kappa shape index (κ3) is 2.59. The number of rotatable bonds is 2. The van der Waals surface area contributed by atoms with E-state index in [0.717, 1.165) is 24.2 Å². The second-order valence-electron chi connectivity index (χ2n) is 8.50. The summed E-state index contributed by atoms with van der Waals surface area (Å²) >= 11 is 39.1. The molecular formula is C21H16Cl6N2O3. The van der Waals surface area contributed by atoms with Gasteiger partial charge in [0.25, 0.3) is 5.91 Å². The molecule has 32 heavy (non-hydrogen) atoms. The molecule has 5 nitrogen and oxygen atoms in total. The lowest BCUT2D eigenvalue weighted by Crippen LogP contribution is -2.50. The van der Waals surface area contributed by atoms with Crippen molar-refractivity contribution in [2.24, 2.45) is 11.8 Å². The Balaban J connectivity index is 1.53. The molecule has 0 N–H and O–H groups in total. The lowest BCUT2D eigenvalue weighted by atomic mass is 9.84. The standard InChI is InChI=1S/C21H16Cl6N2O3/c22-14-15(23)20(25)13-12(19(14,24)21(20,26)27)17(31)29(18(13)32)11-6-4-5-10(9-11)16(30)28-7-2-1-3-8-28/h4-6,9,12-13H,1-3,7-8H2/t12-,13-,19-,20-/m1/s1. The first-order chi connectivity index (χ1) is 15.0. The predicted octanol–water partition coefficient (Wildman–Crippen LogP) is 5.26. The van der Waals surface area contributed by atoms with Gasteiger partial charge in [-0.1, -0.05) is 52.5 Å². The monoisotopic (exact) mass is 554 g/mol. The van der Waals surface area contributed by atoms with Crippen molar-refractivity contribution in [3.63, 3.8) is 0 Å². The van der Waals surface area contributed by atoms with Crippen molar-refractivity contribution < 1.29 is 14.4 Å². The zero-order valence-electron chi connectivity index (χ0n) is 16.4. The molecule has 0 aromatic heterocycles. The highest BCUT2D eigenvalue weighted by molar-refractivity contribution is 6.67. The van der Waals surface area contributed by atoms with E-state index in [1.807, 2.05) is 0 Å². The number of nitrogens with zero attached hydrogens (tertiary/aromatic N) is 2. The van der Waals surface area contributed by atoms with Gasteiger partial charge in [-0.2, -0.15) is 0 Å². The average Bonchev–Trinajstić information content (AvgIpc) is 3.17. The molecule has 1 saturated carbocycles. The second kappa shape index (κ2) is 7.40. The van der Waals surface area contributed by atoms with E-state index in [0.29, 0.717) is 18.7 Å². The summed E-state index contributed by atoms with van der Waals surface area (Å²) in [6, 6.07) is 6.36. The number of benzene rings is 1. The average molecular weight is 557 g/mol. The number of hydrogen-bond acceptors (Lipinski definition) is 3. The van der Waals surface area contributed by atoms with Gasteiger partial charge in [-0.3, -0.25) is 14.4 Å². The van der Waals surface area contributed by atoms with Crippen LogP contribution >= 0.6 is 69.6 Å². The Morgan fingerprint density at radius 3 is 1.94 bits per heavy atom. The van der Waals surface area contributed by atoms with Crippen molar-refractivity contribution >= 4 is 93.0 Å². The molecule has 0 unspecified atom stereocenters. The number of halogens is 6. The Labute approximate surface area is 214 Å². The van der Waals surface area contributed by atoms with E-state index < -0.39 is 37.7 Å². The van der Waals surface area contributed by atoms with Gasteiger partial charge in [0.15, 0.2) is 4.33 Å². The molecule has 170 valence electrons. The third-order valence-electron chi connectivity index (χ3n) is 6.90. The molecule has 1 aromatic rings. The fourth-order valence-corrected chi connectivity index (χ4v) is 8.24. The van der Waals surface area contributed by atoms with Gasteiger partial charge in [-0.05, 0) is 37.5 Å². The molecule has 0 spiro atoms. The van der Waals surface area contributed by atoms with Gasteiger partial charge in [-0.25, -0.2) is 4.90 Å². The van der Waals surface area contributed by atoms with Gasteiger partial charge < -0.3 is 4.90 Å². The summed E-state index contributed by atoms with van der Waals surface area (Å²) in [5.41, 5.74) is 0.614. The summed E-state index contributed by atoms with van der Waals surface area (Å²) in [6.07, 6.45) is 2.98. The maximum atomic E-state index is 13.5. The Morgan fingerprint density at radius 1 is 0.875 bits per heavy atom. The van der Waals surface area contributed by atoms with Gasteiger partial charge in [0.2, 0.25) is 11.8 Å². The van der Waals surface area contributed by atoms with Crippen LogP contribution in [0.3, 0.4) is 0 Å². The molecule has 4 aliphatic rings. The predicted molar refractivity (Wildman–Crippen MR) is 126 cm³/mol. The van der Waals surface area contributed by atoms with Gasteiger partial charge in [0.1, 0.15) is 9.75 Å². The van der Waals surface area contributed by atoms with E-state index >= 15 is 0 Å². The van der Waals surface area contributed by atoms with Crippen LogP contribution in [0.15, 0.2) is 34.3 Å². The van der Waals surface area contributed by atoms with Crippen LogP contribution in [0.4, 0.5) is 5.69 Å². The zero-order valence-corrected chi connectivity index (χ0v) is 20.9. The van der Waals surface area contributed by atoms with Gasteiger partial charge in [0, 0.05) is 18.7 Å². The molecule has 2 saturated heterocycles. The second-order valence-corrected chi connectivity index (χ2v) is 11.8. The van der Waals surface area contributed by atoms with Crippen LogP contribution in [-0.4, -0.2) is 49.8 Å². The molecule has 4 atom stereocenters. The van der Waals surface area contributed by atoms with Crippen LogP contribution in [0.2, 0.25) is 0 Å². The number of amides is 3. The van der Waals surface area contributed by atoms with Crippen molar-refractivity contribution in [1.29, 1.82) is 0 Å². The highest BCUT2D eigenvalue weighted by atomic mass is 35.5. The summed E-state index contributed by atoms with van der Waals surface area (Å²) in [7, 11) is 0. The number of hydrogen-bond donors (Lipinski definition) is 0. The number of imide groups is 1. The number of fused-ring (bicyclic) bond motifs is 5. The van der Waals surface area contributed by atoms with Crippen LogP contribution in [0.25, 0.3) is 0 Å². The molecule has 3 amide bonds. The number of likely N-dealkylation sites (tertiary alicyclic amines) is 1. The number of piperidine rings is 1. The molecule has 3 fully saturated rings. The van der Waals surface area contributed by atoms with Crippen molar-refractivity contribution in [2.75, 3.05) is 18.0 Å². The maximum Gasteiger partial charge on any atom is 0.253 e.